The van der Waals surface area contributed by atoms with Crippen molar-refractivity contribution in [3.05, 3.63) is 0 Å². The number of carbonyl (C=O) groups excluding carboxylic acids is 1. The summed E-state index contributed by atoms with van der Waals surface area (Å²) in [6, 6.07) is -1.78. The van der Waals surface area contributed by atoms with Crippen LogP contribution in [0.5, 0.6) is 0 Å². The Bertz CT molecular complexity index is 1060. The number of nitrogens with zero attached hydrogens (tertiary/aromatic N) is 2. The van der Waals surface area contributed by atoms with Crippen LogP contribution in [-0.2, 0) is 44.1 Å². The Balaban J connectivity index is 1.52. The molecule has 15 heteroatoms. The number of Topliss-reactive ketones (excluding diaryl/α,β-unsaturated/α-hetero) is 1. The molecule has 4 atom stereocenters. The van der Waals surface area contributed by atoms with E-state index in [1.807, 2.05) is 0 Å². The molecule has 34 heavy (non-hydrogen) atoms. The normalized spacial score (nSPS) is 35.8. The lowest BCUT2D eigenvalue weighted by Gasteiger charge is -2.35. The summed E-state index contributed by atoms with van der Waals surface area (Å²) in [5.74, 6) is -0.805. The van der Waals surface area contributed by atoms with Crippen molar-refractivity contribution in [2.24, 2.45) is 0 Å². The number of sulfone groups is 4. The van der Waals surface area contributed by atoms with Gasteiger partial charge in [0.25, 0.3) is 0 Å². The van der Waals surface area contributed by atoms with Gasteiger partial charge in [-0.1, -0.05) is 0 Å². The summed E-state index contributed by atoms with van der Waals surface area (Å²) < 4.78 is 96.6. The molecule has 0 unspecified atom stereocenters. The van der Waals surface area contributed by atoms with Crippen LogP contribution in [0.2, 0.25) is 0 Å². The summed E-state index contributed by atoms with van der Waals surface area (Å²) in [6.07, 6.45) is 1.32. The van der Waals surface area contributed by atoms with E-state index < -0.39 is 63.5 Å². The van der Waals surface area contributed by atoms with Gasteiger partial charge in [-0.05, 0) is 25.7 Å². The van der Waals surface area contributed by atoms with E-state index in [4.69, 9.17) is 0 Å². The second kappa shape index (κ2) is 9.36. The van der Waals surface area contributed by atoms with Crippen LogP contribution < -0.4 is 0 Å². The molecule has 0 aromatic heterocycles. The van der Waals surface area contributed by atoms with E-state index in [0.29, 0.717) is 25.7 Å². The second-order valence-electron chi connectivity index (χ2n) is 10.1. The second-order valence-corrected chi connectivity index (χ2v) is 19.0. The fourth-order valence-electron chi connectivity index (χ4n) is 5.72. The highest BCUT2D eigenvalue weighted by Crippen LogP contribution is 2.28. The first-order valence-electron chi connectivity index (χ1n) is 11.5. The molecule has 0 saturated carbocycles. The van der Waals surface area contributed by atoms with E-state index >= 15 is 0 Å². The van der Waals surface area contributed by atoms with Gasteiger partial charge >= 0.3 is 0 Å². The molecule has 0 amide bonds. The van der Waals surface area contributed by atoms with Crippen LogP contribution in [0.3, 0.4) is 0 Å². The number of hydrogen-bond donors (Lipinski definition) is 0. The monoisotopic (exact) mass is 560 g/mol. The predicted molar refractivity (Wildman–Crippen MR) is 127 cm³/mol. The third-order valence-corrected chi connectivity index (χ3v) is 14.4. The van der Waals surface area contributed by atoms with Crippen molar-refractivity contribution in [1.82, 2.24) is 9.80 Å². The molecule has 0 spiro atoms. The smallest absolute Gasteiger partial charge is 0.160 e. The zero-order valence-electron chi connectivity index (χ0n) is 18.9. The Labute approximate surface area is 201 Å². The average molecular weight is 561 g/mol. The maximum Gasteiger partial charge on any atom is 0.160 e. The molecule has 4 fully saturated rings. The third-order valence-electron chi connectivity index (χ3n) is 7.43. The van der Waals surface area contributed by atoms with Gasteiger partial charge in [0.15, 0.2) is 45.1 Å². The molecule has 0 aliphatic carbocycles. The van der Waals surface area contributed by atoms with Gasteiger partial charge in [0.2, 0.25) is 0 Å². The topological polar surface area (TPSA) is 160 Å². The van der Waals surface area contributed by atoms with Crippen molar-refractivity contribution in [1.29, 1.82) is 0 Å². The minimum Gasteiger partial charge on any atom is -0.297 e. The Hall–Kier alpha value is -0.610. The van der Waals surface area contributed by atoms with E-state index in [0.717, 1.165) is 0 Å². The van der Waals surface area contributed by atoms with Crippen LogP contribution >= 0.6 is 0 Å². The molecule has 0 N–H and O–H groups in total. The van der Waals surface area contributed by atoms with Crippen LogP contribution in [-0.4, -0.2) is 133 Å². The number of ketones is 1. The molecule has 0 aromatic carbocycles. The van der Waals surface area contributed by atoms with Crippen LogP contribution in [0.25, 0.3) is 0 Å². The lowest BCUT2D eigenvalue weighted by Crippen LogP contribution is -2.52. The highest BCUT2D eigenvalue weighted by molar-refractivity contribution is 7.92. The Morgan fingerprint density at radius 1 is 0.500 bits per heavy atom. The number of carbonyl (C=O) groups is 1. The van der Waals surface area contributed by atoms with Crippen molar-refractivity contribution in [3.63, 3.8) is 0 Å². The van der Waals surface area contributed by atoms with Gasteiger partial charge in [0.1, 0.15) is 0 Å². The summed E-state index contributed by atoms with van der Waals surface area (Å²) >= 11 is 0. The molecule has 0 aromatic rings. The quantitative estimate of drug-likeness (QED) is 0.320. The molecule has 0 radical (unpaired) electrons. The molecule has 4 saturated heterocycles. The zero-order valence-corrected chi connectivity index (χ0v) is 22.2. The van der Waals surface area contributed by atoms with Gasteiger partial charge in [0, 0.05) is 24.2 Å². The molecule has 0 bridgehead atoms. The minimum absolute atomic E-state index is 0.00613. The van der Waals surface area contributed by atoms with Crippen LogP contribution in [0.1, 0.15) is 25.7 Å². The Kier molecular flexibility index (Phi) is 7.28. The Morgan fingerprint density at radius 3 is 0.912 bits per heavy atom. The van der Waals surface area contributed by atoms with Crippen molar-refractivity contribution in [3.8, 4) is 0 Å². The third kappa shape index (κ3) is 6.38. The standard InChI is InChI=1S/C19H32N2O9S4/c22-19(9-20(15-1-5-31(23,24)11-15)16-2-6-32(25,26)12-16)10-21(17-3-7-33(27,28)13-17)18-4-8-34(29,30)14-18/h15-18H,1-14H2/t15-,16+,17-,18+. The van der Waals surface area contributed by atoms with Crippen LogP contribution in [0, 0.1) is 0 Å². The van der Waals surface area contributed by atoms with Gasteiger partial charge in [0.05, 0.1) is 59.1 Å². The fraction of sp³-hybridized carbons (Fsp3) is 0.947. The van der Waals surface area contributed by atoms with E-state index in [2.05, 4.69) is 0 Å². The van der Waals surface area contributed by atoms with Crippen molar-refractivity contribution in [2.45, 2.75) is 49.9 Å². The molecule has 11 nitrogen and oxygen atoms in total. The largest absolute Gasteiger partial charge is 0.297 e. The molecule has 4 aliphatic heterocycles. The lowest BCUT2D eigenvalue weighted by atomic mass is 10.1. The molecule has 4 aliphatic rings. The maximum atomic E-state index is 13.3. The van der Waals surface area contributed by atoms with E-state index in [1.165, 1.54) is 0 Å². The van der Waals surface area contributed by atoms with Crippen LogP contribution in [0.4, 0.5) is 0 Å². The van der Waals surface area contributed by atoms with Gasteiger partial charge < -0.3 is 0 Å². The van der Waals surface area contributed by atoms with E-state index in [9.17, 15) is 38.5 Å². The summed E-state index contributed by atoms with van der Waals surface area (Å²) in [6.45, 7) is -0.286. The van der Waals surface area contributed by atoms with Gasteiger partial charge in [-0.25, -0.2) is 33.7 Å². The van der Waals surface area contributed by atoms with E-state index in [-0.39, 0.29) is 64.9 Å². The SMILES string of the molecule is O=C(CN([C@@H]1CCS(=O)(=O)C1)[C@H]1CCS(=O)(=O)C1)CN([C@@H]1CCS(=O)(=O)C1)[C@H]1CCS(=O)(=O)C1. The van der Waals surface area contributed by atoms with Gasteiger partial charge in [-0.3, -0.25) is 14.6 Å². The predicted octanol–water partition coefficient (Wildman–Crippen LogP) is -2.09. The molecule has 4 rings (SSSR count). The van der Waals surface area contributed by atoms with Crippen molar-refractivity contribution in [2.75, 3.05) is 59.1 Å². The Morgan fingerprint density at radius 2 is 0.735 bits per heavy atom. The highest BCUT2D eigenvalue weighted by Gasteiger charge is 2.43. The minimum atomic E-state index is -3.26. The van der Waals surface area contributed by atoms with Gasteiger partial charge in [-0.15, -0.1) is 0 Å². The van der Waals surface area contributed by atoms with Gasteiger partial charge in [-0.2, -0.15) is 0 Å². The number of rotatable bonds is 8. The fourth-order valence-corrected chi connectivity index (χ4v) is 12.7. The summed E-state index contributed by atoms with van der Waals surface area (Å²) in [5.41, 5.74) is 0. The average Bonchev–Trinajstić information content (AvgIpc) is 3.44. The lowest BCUT2D eigenvalue weighted by molar-refractivity contribution is -0.123. The summed E-state index contributed by atoms with van der Waals surface area (Å²) in [5, 5.41) is 0. The maximum absolute atomic E-state index is 13.3. The molecule has 4 heterocycles. The first-order valence-corrected chi connectivity index (χ1v) is 18.8. The zero-order chi connectivity index (χ0) is 24.9. The van der Waals surface area contributed by atoms with E-state index in [1.54, 1.807) is 9.80 Å². The van der Waals surface area contributed by atoms with Crippen LogP contribution in [0.15, 0.2) is 0 Å². The summed E-state index contributed by atoms with van der Waals surface area (Å²) in [4.78, 5) is 16.7. The first kappa shape index (κ1) is 26.5. The number of hydrogen-bond acceptors (Lipinski definition) is 11. The summed E-state index contributed by atoms with van der Waals surface area (Å²) in [7, 11) is -13.0. The van der Waals surface area contributed by atoms with Crippen molar-refractivity contribution >= 4 is 45.1 Å². The highest BCUT2D eigenvalue weighted by atomic mass is 32.2. The molecule has 196 valence electrons. The molecular weight excluding hydrogens is 528 g/mol. The van der Waals surface area contributed by atoms with Crippen molar-refractivity contribution < 1.29 is 38.5 Å². The molecular formula is C19H32N2O9S4. The first-order chi connectivity index (χ1) is 15.6.